The molecule has 2 aliphatic rings. The highest BCUT2D eigenvalue weighted by Crippen LogP contribution is 2.28. The molecule has 23 heavy (non-hydrogen) atoms. The van der Waals surface area contributed by atoms with E-state index in [-0.39, 0.29) is 29.9 Å². The van der Waals surface area contributed by atoms with E-state index in [1.165, 1.54) is 6.07 Å². The minimum atomic E-state index is -0.356. The zero-order valence-corrected chi connectivity index (χ0v) is 14.0. The van der Waals surface area contributed by atoms with E-state index in [1.54, 1.807) is 18.2 Å². The predicted octanol–water partition coefficient (Wildman–Crippen LogP) is 2.76. The van der Waals surface area contributed by atoms with E-state index in [1.807, 2.05) is 0 Å². The van der Waals surface area contributed by atoms with Gasteiger partial charge in [-0.25, -0.2) is 4.39 Å². The van der Waals surface area contributed by atoms with E-state index in [0.29, 0.717) is 31.5 Å². The van der Waals surface area contributed by atoms with Gasteiger partial charge in [-0.2, -0.15) is 0 Å². The molecule has 2 fully saturated rings. The van der Waals surface area contributed by atoms with Gasteiger partial charge in [0.1, 0.15) is 0 Å². The largest absolute Gasteiger partial charge is 0.491 e. The maximum absolute atomic E-state index is 13.4. The molecule has 1 amide bonds. The summed E-state index contributed by atoms with van der Waals surface area (Å²) in [6, 6.07) is 7.12. The second kappa shape index (κ2) is 8.50. The van der Waals surface area contributed by atoms with Crippen LogP contribution in [0.25, 0.3) is 0 Å². The SMILES string of the molecule is Cl.O=C(CCCOc1ccccc1F)N1C2CCNCC1CC2. The fourth-order valence-electron chi connectivity index (χ4n) is 3.49. The normalized spacial score (nSPS) is 23.1. The highest BCUT2D eigenvalue weighted by molar-refractivity contribution is 5.85. The van der Waals surface area contributed by atoms with Crippen LogP contribution in [0.1, 0.15) is 32.1 Å². The van der Waals surface area contributed by atoms with Crippen LogP contribution in [-0.4, -0.2) is 42.6 Å². The molecule has 2 atom stereocenters. The number of carbonyl (C=O) groups is 1. The van der Waals surface area contributed by atoms with Gasteiger partial charge in [-0.1, -0.05) is 12.1 Å². The smallest absolute Gasteiger partial charge is 0.223 e. The molecule has 0 radical (unpaired) electrons. The molecule has 2 bridgehead atoms. The molecule has 2 heterocycles. The molecule has 2 aliphatic heterocycles. The van der Waals surface area contributed by atoms with Crippen LogP contribution in [-0.2, 0) is 4.79 Å². The predicted molar refractivity (Wildman–Crippen MR) is 89.5 cm³/mol. The van der Waals surface area contributed by atoms with Gasteiger partial charge in [0, 0.05) is 25.0 Å². The van der Waals surface area contributed by atoms with Gasteiger partial charge in [0.2, 0.25) is 5.91 Å². The number of para-hydroxylation sites is 1. The Hall–Kier alpha value is -1.33. The summed E-state index contributed by atoms with van der Waals surface area (Å²) in [5.74, 6) is 0.118. The number of nitrogens with zero attached hydrogens (tertiary/aromatic N) is 1. The molecule has 3 rings (SSSR count). The third-order valence-electron chi connectivity index (χ3n) is 4.57. The van der Waals surface area contributed by atoms with Crippen LogP contribution in [0, 0.1) is 5.82 Å². The first kappa shape index (κ1) is 18.0. The number of nitrogens with one attached hydrogen (secondary N) is 1. The zero-order valence-electron chi connectivity index (χ0n) is 13.2. The number of carbonyl (C=O) groups excluding carboxylic acids is 1. The number of benzene rings is 1. The van der Waals surface area contributed by atoms with Crippen molar-refractivity contribution in [1.82, 2.24) is 10.2 Å². The van der Waals surface area contributed by atoms with Crippen molar-refractivity contribution in [3.63, 3.8) is 0 Å². The highest BCUT2D eigenvalue weighted by Gasteiger charge is 2.37. The molecule has 1 N–H and O–H groups in total. The molecule has 128 valence electrons. The lowest BCUT2D eigenvalue weighted by Crippen LogP contribution is -2.42. The van der Waals surface area contributed by atoms with Crippen molar-refractivity contribution in [2.45, 2.75) is 44.2 Å². The monoisotopic (exact) mass is 342 g/mol. The van der Waals surface area contributed by atoms with Crippen LogP contribution < -0.4 is 10.1 Å². The van der Waals surface area contributed by atoms with E-state index in [0.717, 1.165) is 32.4 Å². The number of amides is 1. The Morgan fingerprint density at radius 1 is 1.26 bits per heavy atom. The number of hydrogen-bond donors (Lipinski definition) is 1. The quantitative estimate of drug-likeness (QED) is 0.837. The van der Waals surface area contributed by atoms with Crippen LogP contribution in [0.4, 0.5) is 4.39 Å². The maximum Gasteiger partial charge on any atom is 0.223 e. The summed E-state index contributed by atoms with van der Waals surface area (Å²) in [7, 11) is 0. The van der Waals surface area contributed by atoms with E-state index < -0.39 is 0 Å². The van der Waals surface area contributed by atoms with Crippen LogP contribution in [0.5, 0.6) is 5.75 Å². The van der Waals surface area contributed by atoms with Crippen molar-refractivity contribution < 1.29 is 13.9 Å². The van der Waals surface area contributed by atoms with Crippen LogP contribution in [0.15, 0.2) is 24.3 Å². The average Bonchev–Trinajstić information content (AvgIpc) is 2.78. The van der Waals surface area contributed by atoms with Gasteiger partial charge in [-0.05, 0) is 44.4 Å². The second-order valence-electron chi connectivity index (χ2n) is 6.06. The van der Waals surface area contributed by atoms with Gasteiger partial charge in [0.15, 0.2) is 11.6 Å². The van der Waals surface area contributed by atoms with Crippen LogP contribution in [0.3, 0.4) is 0 Å². The van der Waals surface area contributed by atoms with Gasteiger partial charge in [-0.15, -0.1) is 12.4 Å². The fraction of sp³-hybridized carbons (Fsp3) is 0.588. The first-order chi connectivity index (χ1) is 10.8. The Bertz CT molecular complexity index is 515. The molecule has 0 saturated carbocycles. The van der Waals surface area contributed by atoms with Crippen LogP contribution in [0.2, 0.25) is 0 Å². The minimum absolute atomic E-state index is 0. The summed E-state index contributed by atoms with van der Waals surface area (Å²) < 4.78 is 18.8. The first-order valence-electron chi connectivity index (χ1n) is 8.15. The Kier molecular flexibility index (Phi) is 6.66. The van der Waals surface area contributed by atoms with Gasteiger partial charge in [-0.3, -0.25) is 4.79 Å². The molecule has 0 aliphatic carbocycles. The number of hydrogen-bond acceptors (Lipinski definition) is 3. The van der Waals surface area contributed by atoms with Gasteiger partial charge in [0.25, 0.3) is 0 Å². The van der Waals surface area contributed by atoms with Crippen molar-refractivity contribution in [3.05, 3.63) is 30.1 Å². The van der Waals surface area contributed by atoms with Crippen molar-refractivity contribution in [3.8, 4) is 5.75 Å². The maximum atomic E-state index is 13.4. The summed E-state index contributed by atoms with van der Waals surface area (Å²) in [4.78, 5) is 14.5. The summed E-state index contributed by atoms with van der Waals surface area (Å²) in [6.07, 6.45) is 4.38. The Morgan fingerprint density at radius 2 is 2.04 bits per heavy atom. The highest BCUT2D eigenvalue weighted by atomic mass is 35.5. The molecule has 4 nitrogen and oxygen atoms in total. The molecule has 0 aromatic heterocycles. The van der Waals surface area contributed by atoms with E-state index in [2.05, 4.69) is 10.2 Å². The molecule has 6 heteroatoms. The Balaban J connectivity index is 0.00000192. The number of fused-ring (bicyclic) bond motifs is 2. The van der Waals surface area contributed by atoms with Gasteiger partial charge >= 0.3 is 0 Å². The number of rotatable bonds is 5. The lowest BCUT2D eigenvalue weighted by Gasteiger charge is -2.28. The summed E-state index contributed by atoms with van der Waals surface area (Å²) >= 11 is 0. The Labute approximate surface area is 142 Å². The van der Waals surface area contributed by atoms with Crippen LogP contribution >= 0.6 is 12.4 Å². The Morgan fingerprint density at radius 3 is 2.87 bits per heavy atom. The molecular weight excluding hydrogens is 319 g/mol. The molecule has 0 spiro atoms. The topological polar surface area (TPSA) is 41.6 Å². The molecule has 1 aromatic carbocycles. The van der Waals surface area contributed by atoms with E-state index in [4.69, 9.17) is 4.74 Å². The standard InChI is InChI=1S/C17H23FN2O2.ClH/c18-15-4-1-2-5-16(15)22-11-3-6-17(21)20-13-7-8-14(20)12-19-10-9-13;/h1-2,4-5,13-14,19H,3,6-12H2;1H. The summed E-state index contributed by atoms with van der Waals surface area (Å²) in [6.45, 7) is 2.28. The third-order valence-corrected chi connectivity index (χ3v) is 4.57. The lowest BCUT2D eigenvalue weighted by atomic mass is 10.1. The third kappa shape index (κ3) is 4.36. The molecular formula is C17H24ClFN2O2. The molecule has 1 aromatic rings. The lowest BCUT2D eigenvalue weighted by molar-refractivity contribution is -0.134. The van der Waals surface area contributed by atoms with Crippen molar-refractivity contribution in [2.24, 2.45) is 0 Å². The molecule has 2 unspecified atom stereocenters. The van der Waals surface area contributed by atoms with E-state index >= 15 is 0 Å². The van der Waals surface area contributed by atoms with E-state index in [9.17, 15) is 9.18 Å². The fourth-order valence-corrected chi connectivity index (χ4v) is 3.49. The van der Waals surface area contributed by atoms with Crippen molar-refractivity contribution >= 4 is 18.3 Å². The van der Waals surface area contributed by atoms with Gasteiger partial charge in [0.05, 0.1) is 6.61 Å². The number of ether oxygens (including phenoxy) is 1. The average molecular weight is 343 g/mol. The van der Waals surface area contributed by atoms with Crippen molar-refractivity contribution in [2.75, 3.05) is 19.7 Å². The number of halogens is 2. The second-order valence-corrected chi connectivity index (χ2v) is 6.06. The first-order valence-corrected chi connectivity index (χ1v) is 8.15. The zero-order chi connectivity index (χ0) is 15.4. The van der Waals surface area contributed by atoms with Crippen molar-refractivity contribution in [1.29, 1.82) is 0 Å². The molecule has 2 saturated heterocycles. The minimum Gasteiger partial charge on any atom is -0.491 e. The summed E-state index contributed by atoms with van der Waals surface area (Å²) in [5.41, 5.74) is 0. The summed E-state index contributed by atoms with van der Waals surface area (Å²) in [5, 5.41) is 3.40. The van der Waals surface area contributed by atoms with Gasteiger partial charge < -0.3 is 15.0 Å².